The summed E-state index contributed by atoms with van der Waals surface area (Å²) < 4.78 is 20.2. The molecule has 0 bridgehead atoms. The molecule has 0 saturated carbocycles. The first kappa shape index (κ1) is 18.2. The molecule has 1 aromatic carbocycles. The lowest BCUT2D eigenvalue weighted by molar-refractivity contribution is -0.120. The maximum absolute atomic E-state index is 12.9. The molecule has 0 radical (unpaired) electrons. The SMILES string of the molecule is CCn1c(S[C@H](C)C(=O)NCc2ccc(F)cc2)nnc1-c1ccco1. The number of nitrogens with zero attached hydrogens (tertiary/aromatic N) is 3. The number of hydrogen-bond donors (Lipinski definition) is 1. The predicted molar refractivity (Wildman–Crippen MR) is 97.0 cm³/mol. The summed E-state index contributed by atoms with van der Waals surface area (Å²) in [6.07, 6.45) is 1.59. The van der Waals surface area contributed by atoms with E-state index in [0.717, 1.165) is 5.56 Å². The van der Waals surface area contributed by atoms with E-state index in [-0.39, 0.29) is 17.0 Å². The zero-order valence-corrected chi connectivity index (χ0v) is 15.3. The second kappa shape index (κ2) is 8.18. The normalized spacial score (nSPS) is 12.1. The van der Waals surface area contributed by atoms with Crippen LogP contribution in [0, 0.1) is 5.82 Å². The number of halogens is 1. The lowest BCUT2D eigenvalue weighted by Crippen LogP contribution is -2.30. The van der Waals surface area contributed by atoms with E-state index in [1.807, 2.05) is 24.5 Å². The van der Waals surface area contributed by atoms with Crippen LogP contribution in [0.3, 0.4) is 0 Å². The summed E-state index contributed by atoms with van der Waals surface area (Å²) in [5.41, 5.74) is 0.841. The van der Waals surface area contributed by atoms with Crippen molar-refractivity contribution < 1.29 is 13.6 Å². The number of hydrogen-bond acceptors (Lipinski definition) is 5. The van der Waals surface area contributed by atoms with E-state index in [1.54, 1.807) is 24.5 Å². The van der Waals surface area contributed by atoms with Crippen LogP contribution in [0.1, 0.15) is 19.4 Å². The molecular formula is C18H19FN4O2S. The van der Waals surface area contributed by atoms with E-state index >= 15 is 0 Å². The molecule has 0 saturated heterocycles. The molecule has 3 aromatic rings. The fourth-order valence-corrected chi connectivity index (χ4v) is 3.33. The van der Waals surface area contributed by atoms with Gasteiger partial charge < -0.3 is 9.73 Å². The Morgan fingerprint density at radius 3 is 2.73 bits per heavy atom. The molecule has 0 fully saturated rings. The van der Waals surface area contributed by atoms with Gasteiger partial charge in [0.05, 0.1) is 11.5 Å². The number of rotatable bonds is 7. The molecule has 0 unspecified atom stereocenters. The zero-order chi connectivity index (χ0) is 18.5. The molecule has 26 heavy (non-hydrogen) atoms. The molecule has 136 valence electrons. The minimum Gasteiger partial charge on any atom is -0.461 e. The van der Waals surface area contributed by atoms with Gasteiger partial charge in [0.25, 0.3) is 0 Å². The Bertz CT molecular complexity index is 862. The van der Waals surface area contributed by atoms with Crippen LogP contribution in [0.25, 0.3) is 11.6 Å². The van der Waals surface area contributed by atoms with Gasteiger partial charge in [0.1, 0.15) is 5.82 Å². The van der Waals surface area contributed by atoms with Gasteiger partial charge in [-0.3, -0.25) is 9.36 Å². The van der Waals surface area contributed by atoms with Crippen molar-refractivity contribution in [2.24, 2.45) is 0 Å². The quantitative estimate of drug-likeness (QED) is 0.641. The van der Waals surface area contributed by atoms with Gasteiger partial charge in [0.2, 0.25) is 5.91 Å². The number of carbonyl (C=O) groups is 1. The Morgan fingerprint density at radius 1 is 1.31 bits per heavy atom. The highest BCUT2D eigenvalue weighted by atomic mass is 32.2. The Morgan fingerprint density at radius 2 is 2.08 bits per heavy atom. The molecule has 0 spiro atoms. The van der Waals surface area contributed by atoms with Crippen LogP contribution in [0.4, 0.5) is 4.39 Å². The summed E-state index contributed by atoms with van der Waals surface area (Å²) >= 11 is 1.33. The Labute approximate surface area is 154 Å². The van der Waals surface area contributed by atoms with E-state index < -0.39 is 0 Å². The van der Waals surface area contributed by atoms with Gasteiger partial charge in [-0.1, -0.05) is 23.9 Å². The molecule has 0 aliphatic heterocycles. The monoisotopic (exact) mass is 374 g/mol. The van der Waals surface area contributed by atoms with Crippen molar-refractivity contribution in [1.82, 2.24) is 20.1 Å². The highest BCUT2D eigenvalue weighted by Crippen LogP contribution is 2.27. The van der Waals surface area contributed by atoms with Gasteiger partial charge >= 0.3 is 0 Å². The molecule has 2 aromatic heterocycles. The van der Waals surface area contributed by atoms with Gasteiger partial charge in [0, 0.05) is 13.1 Å². The first-order chi connectivity index (χ1) is 12.6. The lowest BCUT2D eigenvalue weighted by Gasteiger charge is -2.12. The van der Waals surface area contributed by atoms with Crippen molar-refractivity contribution in [3.8, 4) is 11.6 Å². The number of thioether (sulfide) groups is 1. The molecule has 1 amide bonds. The number of aromatic nitrogens is 3. The maximum atomic E-state index is 12.9. The number of nitrogens with one attached hydrogen (secondary N) is 1. The molecule has 8 heteroatoms. The van der Waals surface area contributed by atoms with E-state index in [2.05, 4.69) is 15.5 Å². The molecule has 1 atom stereocenters. The Balaban J connectivity index is 1.63. The fraction of sp³-hybridized carbons (Fsp3) is 0.278. The zero-order valence-electron chi connectivity index (χ0n) is 14.5. The van der Waals surface area contributed by atoms with Gasteiger partial charge in [-0.05, 0) is 43.7 Å². The second-order valence-electron chi connectivity index (χ2n) is 5.63. The molecule has 1 N–H and O–H groups in total. The van der Waals surface area contributed by atoms with Gasteiger partial charge in [-0.25, -0.2) is 4.39 Å². The maximum Gasteiger partial charge on any atom is 0.233 e. The highest BCUT2D eigenvalue weighted by Gasteiger charge is 2.21. The standard InChI is InChI=1S/C18H19FN4O2S/c1-3-23-16(15-5-4-10-25-15)21-22-18(23)26-12(2)17(24)20-11-13-6-8-14(19)9-7-13/h4-10,12H,3,11H2,1-2H3,(H,20,24)/t12-/m1/s1. The third-order valence-electron chi connectivity index (χ3n) is 3.81. The summed E-state index contributed by atoms with van der Waals surface area (Å²) in [6, 6.07) is 9.67. The predicted octanol–water partition coefficient (Wildman–Crippen LogP) is 3.49. The summed E-state index contributed by atoms with van der Waals surface area (Å²) in [5, 5.41) is 11.5. The van der Waals surface area contributed by atoms with Gasteiger partial charge in [0.15, 0.2) is 16.7 Å². The smallest absolute Gasteiger partial charge is 0.233 e. The van der Waals surface area contributed by atoms with Crippen molar-refractivity contribution in [1.29, 1.82) is 0 Å². The van der Waals surface area contributed by atoms with Crippen molar-refractivity contribution in [2.45, 2.75) is 37.3 Å². The van der Waals surface area contributed by atoms with Crippen LogP contribution in [0.5, 0.6) is 0 Å². The largest absolute Gasteiger partial charge is 0.461 e. The van der Waals surface area contributed by atoms with Gasteiger partial charge in [-0.15, -0.1) is 10.2 Å². The van der Waals surface area contributed by atoms with Crippen molar-refractivity contribution in [3.63, 3.8) is 0 Å². The first-order valence-corrected chi connectivity index (χ1v) is 9.12. The van der Waals surface area contributed by atoms with E-state index in [0.29, 0.717) is 29.8 Å². The third-order valence-corrected chi connectivity index (χ3v) is 4.89. The first-order valence-electron chi connectivity index (χ1n) is 8.24. The average Bonchev–Trinajstić information content (AvgIpc) is 3.30. The Hall–Kier alpha value is -2.61. The van der Waals surface area contributed by atoms with E-state index in [4.69, 9.17) is 4.42 Å². The molecule has 2 heterocycles. The average molecular weight is 374 g/mol. The van der Waals surface area contributed by atoms with E-state index in [9.17, 15) is 9.18 Å². The molecule has 0 aliphatic rings. The number of amides is 1. The number of benzene rings is 1. The van der Waals surface area contributed by atoms with Crippen molar-refractivity contribution in [2.75, 3.05) is 0 Å². The van der Waals surface area contributed by atoms with Crippen molar-refractivity contribution >= 4 is 17.7 Å². The molecule has 0 aliphatic carbocycles. The van der Waals surface area contributed by atoms with Crippen LogP contribution in [-0.4, -0.2) is 25.9 Å². The van der Waals surface area contributed by atoms with Crippen LogP contribution < -0.4 is 5.32 Å². The molecule has 6 nitrogen and oxygen atoms in total. The second-order valence-corrected chi connectivity index (χ2v) is 6.94. The van der Waals surface area contributed by atoms with Gasteiger partial charge in [-0.2, -0.15) is 0 Å². The lowest BCUT2D eigenvalue weighted by atomic mass is 10.2. The fourth-order valence-electron chi connectivity index (χ4n) is 2.40. The van der Waals surface area contributed by atoms with Crippen LogP contribution in [-0.2, 0) is 17.9 Å². The summed E-state index contributed by atoms with van der Waals surface area (Å²) in [6.45, 7) is 4.81. The summed E-state index contributed by atoms with van der Waals surface area (Å²) in [5.74, 6) is 0.860. The molecule has 3 rings (SSSR count). The van der Waals surface area contributed by atoms with Crippen LogP contribution >= 0.6 is 11.8 Å². The van der Waals surface area contributed by atoms with E-state index in [1.165, 1.54) is 23.9 Å². The summed E-state index contributed by atoms with van der Waals surface area (Å²) in [7, 11) is 0. The number of furan rings is 1. The minimum absolute atomic E-state index is 0.121. The minimum atomic E-state index is -0.352. The van der Waals surface area contributed by atoms with Crippen LogP contribution in [0.2, 0.25) is 0 Å². The van der Waals surface area contributed by atoms with Crippen molar-refractivity contribution in [3.05, 3.63) is 54.0 Å². The molecular weight excluding hydrogens is 355 g/mol. The summed E-state index contributed by atoms with van der Waals surface area (Å²) in [4.78, 5) is 12.3. The third kappa shape index (κ3) is 4.13. The number of carbonyl (C=O) groups excluding carboxylic acids is 1. The Kier molecular flexibility index (Phi) is 5.72. The highest BCUT2D eigenvalue weighted by molar-refractivity contribution is 8.00. The van der Waals surface area contributed by atoms with Crippen LogP contribution in [0.15, 0.2) is 52.2 Å². The topological polar surface area (TPSA) is 73.0 Å².